The molecule has 0 bridgehead atoms. The van der Waals surface area contributed by atoms with Crippen LogP contribution in [0.4, 0.5) is 0 Å². The second-order valence-corrected chi connectivity index (χ2v) is 6.21. The third-order valence-electron chi connectivity index (χ3n) is 4.00. The van der Waals surface area contributed by atoms with Gasteiger partial charge in [0, 0.05) is 24.3 Å². The van der Waals surface area contributed by atoms with Crippen molar-refractivity contribution in [3.63, 3.8) is 0 Å². The van der Waals surface area contributed by atoms with E-state index in [4.69, 9.17) is 21.1 Å². The summed E-state index contributed by atoms with van der Waals surface area (Å²) in [6.07, 6.45) is 2.45. The number of carboxylic acid groups (broad SMARTS) is 1. The number of aliphatic carboxylic acids is 1. The van der Waals surface area contributed by atoms with Crippen LogP contribution in [-0.4, -0.2) is 27.7 Å². The third-order valence-corrected chi connectivity index (χ3v) is 4.25. The van der Waals surface area contributed by atoms with Crippen LogP contribution < -0.4 is 0 Å². The Morgan fingerprint density at radius 3 is 2.64 bits per heavy atom. The molecule has 2 aromatic rings. The van der Waals surface area contributed by atoms with Crippen LogP contribution in [0.3, 0.4) is 0 Å². The van der Waals surface area contributed by atoms with E-state index < -0.39 is 5.97 Å². The molecule has 0 saturated heterocycles. The summed E-state index contributed by atoms with van der Waals surface area (Å²) in [5, 5.41) is 15.2. The lowest BCUT2D eigenvalue weighted by Crippen LogP contribution is -2.26. The van der Waals surface area contributed by atoms with E-state index in [1.807, 2.05) is 18.2 Å². The fourth-order valence-electron chi connectivity index (χ4n) is 2.76. The maximum Gasteiger partial charge on any atom is 0.303 e. The van der Waals surface area contributed by atoms with Gasteiger partial charge in [-0.2, -0.15) is 5.10 Å². The first-order chi connectivity index (χ1) is 12.0. The SMILES string of the molecule is O=C(O)CCCC(=O)N1N=C(c2ccc(Cl)cc2)CC1c1ccco1. The van der Waals surface area contributed by atoms with Gasteiger partial charge in [0.25, 0.3) is 0 Å². The first-order valence-corrected chi connectivity index (χ1v) is 8.33. The third kappa shape index (κ3) is 4.09. The monoisotopic (exact) mass is 360 g/mol. The topological polar surface area (TPSA) is 83.1 Å². The van der Waals surface area contributed by atoms with Crippen molar-refractivity contribution >= 4 is 29.2 Å². The van der Waals surface area contributed by atoms with E-state index in [1.54, 1.807) is 24.5 Å². The molecule has 3 rings (SSSR count). The van der Waals surface area contributed by atoms with E-state index in [1.165, 1.54) is 5.01 Å². The Hall–Kier alpha value is -2.60. The number of carboxylic acids is 1. The zero-order valence-corrected chi connectivity index (χ0v) is 14.1. The zero-order chi connectivity index (χ0) is 17.8. The van der Waals surface area contributed by atoms with Gasteiger partial charge in [-0.3, -0.25) is 9.59 Å². The van der Waals surface area contributed by atoms with Gasteiger partial charge in [0.05, 0.1) is 12.0 Å². The van der Waals surface area contributed by atoms with Crippen LogP contribution in [0.2, 0.25) is 5.02 Å². The van der Waals surface area contributed by atoms with Crippen molar-refractivity contribution in [2.75, 3.05) is 0 Å². The molecule has 0 spiro atoms. The highest BCUT2D eigenvalue weighted by molar-refractivity contribution is 6.30. The summed E-state index contributed by atoms with van der Waals surface area (Å²) < 4.78 is 5.46. The van der Waals surface area contributed by atoms with Gasteiger partial charge < -0.3 is 9.52 Å². The summed E-state index contributed by atoms with van der Waals surface area (Å²) in [4.78, 5) is 23.2. The molecule has 1 aliphatic heterocycles. The number of hydrogen-bond donors (Lipinski definition) is 1. The predicted octanol–water partition coefficient (Wildman–Crippen LogP) is 3.87. The molecule has 0 radical (unpaired) electrons. The molecule has 1 amide bonds. The van der Waals surface area contributed by atoms with E-state index in [2.05, 4.69) is 5.10 Å². The molecular weight excluding hydrogens is 344 g/mol. The van der Waals surface area contributed by atoms with Crippen molar-refractivity contribution in [3.05, 3.63) is 59.0 Å². The minimum Gasteiger partial charge on any atom is -0.481 e. The van der Waals surface area contributed by atoms with E-state index in [0.717, 1.165) is 11.3 Å². The van der Waals surface area contributed by atoms with Gasteiger partial charge in [0.1, 0.15) is 11.8 Å². The maximum absolute atomic E-state index is 12.5. The van der Waals surface area contributed by atoms with Crippen LogP contribution in [-0.2, 0) is 9.59 Å². The average molecular weight is 361 g/mol. The van der Waals surface area contributed by atoms with Crippen molar-refractivity contribution in [1.82, 2.24) is 5.01 Å². The van der Waals surface area contributed by atoms with Gasteiger partial charge in [-0.1, -0.05) is 23.7 Å². The lowest BCUT2D eigenvalue weighted by atomic mass is 10.0. The predicted molar refractivity (Wildman–Crippen MR) is 92.4 cm³/mol. The summed E-state index contributed by atoms with van der Waals surface area (Å²) in [5.74, 6) is -0.479. The number of halogens is 1. The second-order valence-electron chi connectivity index (χ2n) is 5.77. The summed E-state index contributed by atoms with van der Waals surface area (Å²) in [6.45, 7) is 0. The molecule has 0 saturated carbocycles. The van der Waals surface area contributed by atoms with Crippen LogP contribution >= 0.6 is 11.6 Å². The number of nitrogens with zero attached hydrogens (tertiary/aromatic N) is 2. The molecule has 1 N–H and O–H groups in total. The molecule has 25 heavy (non-hydrogen) atoms. The Bertz CT molecular complexity index is 784. The Labute approximate surface area is 149 Å². The van der Waals surface area contributed by atoms with Crippen LogP contribution in [0, 0.1) is 0 Å². The molecule has 7 heteroatoms. The molecule has 0 aliphatic carbocycles. The smallest absolute Gasteiger partial charge is 0.303 e. The minimum absolute atomic E-state index is 0.0429. The standard InChI is InChI=1S/C18H17ClN2O4/c19-13-8-6-12(7-9-13)14-11-15(16-3-2-10-25-16)21(20-14)17(22)4-1-5-18(23)24/h2-3,6-10,15H,1,4-5,11H2,(H,23,24). The van der Waals surface area contributed by atoms with E-state index >= 15 is 0 Å². The Morgan fingerprint density at radius 2 is 2.00 bits per heavy atom. The second kappa shape index (κ2) is 7.53. The van der Waals surface area contributed by atoms with Crippen LogP contribution in [0.15, 0.2) is 52.2 Å². The normalized spacial score (nSPS) is 16.8. The van der Waals surface area contributed by atoms with Crippen LogP contribution in [0.25, 0.3) is 0 Å². The van der Waals surface area contributed by atoms with Gasteiger partial charge in [-0.15, -0.1) is 0 Å². The zero-order valence-electron chi connectivity index (χ0n) is 13.4. The van der Waals surface area contributed by atoms with Gasteiger partial charge in [-0.25, -0.2) is 5.01 Å². The largest absolute Gasteiger partial charge is 0.481 e. The fourth-order valence-corrected chi connectivity index (χ4v) is 2.89. The Balaban J connectivity index is 1.80. The molecule has 2 heterocycles. The fraction of sp³-hybridized carbons (Fsp3) is 0.278. The molecule has 1 aliphatic rings. The molecule has 6 nitrogen and oxygen atoms in total. The average Bonchev–Trinajstić information content (AvgIpc) is 3.24. The van der Waals surface area contributed by atoms with Crippen molar-refractivity contribution in [1.29, 1.82) is 0 Å². The van der Waals surface area contributed by atoms with Crippen molar-refractivity contribution in [2.24, 2.45) is 5.10 Å². The van der Waals surface area contributed by atoms with Crippen LogP contribution in [0.5, 0.6) is 0 Å². The van der Waals surface area contributed by atoms with Crippen molar-refractivity contribution < 1.29 is 19.1 Å². The number of carbonyl (C=O) groups is 2. The van der Waals surface area contributed by atoms with E-state index in [9.17, 15) is 9.59 Å². The van der Waals surface area contributed by atoms with E-state index in [-0.39, 0.29) is 31.2 Å². The summed E-state index contributed by atoms with van der Waals surface area (Å²) in [6, 6.07) is 10.5. The highest BCUT2D eigenvalue weighted by Gasteiger charge is 2.34. The Morgan fingerprint density at radius 1 is 1.24 bits per heavy atom. The molecule has 130 valence electrons. The number of hydrogen-bond acceptors (Lipinski definition) is 4. The van der Waals surface area contributed by atoms with Gasteiger partial charge in [-0.05, 0) is 36.2 Å². The highest BCUT2D eigenvalue weighted by Crippen LogP contribution is 2.33. The number of furan rings is 1. The molecule has 1 atom stereocenters. The molecular formula is C18H17ClN2O4. The van der Waals surface area contributed by atoms with E-state index in [0.29, 0.717) is 17.2 Å². The summed E-state index contributed by atoms with van der Waals surface area (Å²) >= 11 is 5.92. The van der Waals surface area contributed by atoms with Crippen molar-refractivity contribution in [3.8, 4) is 0 Å². The van der Waals surface area contributed by atoms with Gasteiger partial charge in [0.2, 0.25) is 5.91 Å². The van der Waals surface area contributed by atoms with Gasteiger partial charge in [0.15, 0.2) is 0 Å². The van der Waals surface area contributed by atoms with Gasteiger partial charge >= 0.3 is 5.97 Å². The quantitative estimate of drug-likeness (QED) is 0.847. The summed E-state index contributed by atoms with van der Waals surface area (Å²) in [5.41, 5.74) is 1.66. The number of rotatable bonds is 6. The minimum atomic E-state index is -0.915. The van der Waals surface area contributed by atoms with Crippen LogP contribution in [0.1, 0.15) is 43.0 Å². The highest BCUT2D eigenvalue weighted by atomic mass is 35.5. The molecule has 1 aromatic carbocycles. The number of hydrazone groups is 1. The number of carbonyl (C=O) groups excluding carboxylic acids is 1. The lowest BCUT2D eigenvalue weighted by Gasteiger charge is -2.19. The first kappa shape index (κ1) is 17.2. The maximum atomic E-state index is 12.5. The number of amides is 1. The molecule has 0 fully saturated rings. The Kier molecular flexibility index (Phi) is 5.19. The lowest BCUT2D eigenvalue weighted by molar-refractivity contribution is -0.137. The number of benzene rings is 1. The van der Waals surface area contributed by atoms with Crippen molar-refractivity contribution in [2.45, 2.75) is 31.7 Å². The first-order valence-electron chi connectivity index (χ1n) is 7.95. The molecule has 1 aromatic heterocycles. The summed E-state index contributed by atoms with van der Waals surface area (Å²) in [7, 11) is 0. The molecule has 1 unspecified atom stereocenters.